The average Bonchev–Trinajstić information content (AvgIpc) is 2.90. The molecule has 1 heterocycles. The zero-order chi connectivity index (χ0) is 18.6. The Hall–Kier alpha value is -2.33. The Morgan fingerprint density at radius 1 is 1.32 bits per heavy atom. The Morgan fingerprint density at radius 3 is 2.64 bits per heavy atom. The topological polar surface area (TPSA) is 79.2 Å². The predicted octanol–water partition coefficient (Wildman–Crippen LogP) is 4.67. The maximum atomic E-state index is 12.1. The minimum absolute atomic E-state index is 0.238. The average molecular weight is 395 g/mol. The lowest BCUT2D eigenvalue weighted by molar-refractivity contribution is -0.111. The molecule has 1 N–H and O–H groups in total. The van der Waals surface area contributed by atoms with Gasteiger partial charge in [0.2, 0.25) is 5.91 Å². The Bertz CT molecular complexity index is 913. The highest BCUT2D eigenvalue weighted by atomic mass is 35.5. The number of hydrogen-bond acceptors (Lipinski definition) is 5. The Balaban J connectivity index is 2.20. The van der Waals surface area contributed by atoms with Crippen LogP contribution in [-0.4, -0.2) is 19.0 Å². The van der Waals surface area contributed by atoms with Crippen molar-refractivity contribution >= 4 is 57.5 Å². The van der Waals surface area contributed by atoms with Crippen LogP contribution in [-0.2, 0) is 9.53 Å². The monoisotopic (exact) mass is 394 g/mol. The van der Waals surface area contributed by atoms with Crippen LogP contribution in [0.2, 0.25) is 10.0 Å². The van der Waals surface area contributed by atoms with Gasteiger partial charge in [0, 0.05) is 6.08 Å². The molecule has 0 aliphatic heterocycles. The molecule has 0 aliphatic rings. The van der Waals surface area contributed by atoms with Gasteiger partial charge in [-0.05, 0) is 36.3 Å². The van der Waals surface area contributed by atoms with Crippen LogP contribution in [0.4, 0.5) is 5.00 Å². The van der Waals surface area contributed by atoms with Gasteiger partial charge in [-0.3, -0.25) is 4.79 Å². The molecule has 2 aromatic rings. The van der Waals surface area contributed by atoms with Crippen molar-refractivity contribution in [1.82, 2.24) is 0 Å². The maximum absolute atomic E-state index is 12.1. The second-order valence-electron chi connectivity index (χ2n) is 4.86. The van der Waals surface area contributed by atoms with E-state index in [1.54, 1.807) is 31.2 Å². The number of methoxy groups -OCH3 is 1. The molecule has 0 fully saturated rings. The van der Waals surface area contributed by atoms with Crippen molar-refractivity contribution in [3.8, 4) is 6.07 Å². The number of nitrogens with one attached hydrogen (secondary N) is 1. The number of carbonyl (C=O) groups excluding carboxylic acids is 2. The van der Waals surface area contributed by atoms with Crippen LogP contribution < -0.4 is 5.32 Å². The molecule has 2 rings (SSSR count). The quantitative estimate of drug-likeness (QED) is 0.603. The van der Waals surface area contributed by atoms with E-state index in [4.69, 9.17) is 23.2 Å². The molecule has 0 saturated heterocycles. The number of halogens is 2. The number of ether oxygens (including phenoxy) is 1. The van der Waals surface area contributed by atoms with Crippen LogP contribution in [0.25, 0.3) is 6.08 Å². The van der Waals surface area contributed by atoms with Crippen LogP contribution >= 0.6 is 34.5 Å². The molecule has 0 atom stereocenters. The fraction of sp³-hybridized carbons (Fsp3) is 0.118. The number of nitrogens with zero attached hydrogens (tertiary/aromatic N) is 1. The van der Waals surface area contributed by atoms with Crippen LogP contribution in [0.1, 0.15) is 26.4 Å². The van der Waals surface area contributed by atoms with Crippen LogP contribution in [0.15, 0.2) is 24.3 Å². The van der Waals surface area contributed by atoms with Gasteiger partial charge in [-0.2, -0.15) is 5.26 Å². The molecule has 0 saturated carbocycles. The van der Waals surface area contributed by atoms with Crippen molar-refractivity contribution in [2.75, 3.05) is 12.4 Å². The summed E-state index contributed by atoms with van der Waals surface area (Å²) in [5.41, 5.74) is 1.41. The van der Waals surface area contributed by atoms with E-state index in [9.17, 15) is 14.9 Å². The maximum Gasteiger partial charge on any atom is 0.348 e. The van der Waals surface area contributed by atoms with Gasteiger partial charge >= 0.3 is 5.97 Å². The first-order valence-corrected chi connectivity index (χ1v) is 8.50. The lowest BCUT2D eigenvalue weighted by atomic mass is 10.1. The molecule has 0 radical (unpaired) electrons. The molecule has 1 aromatic heterocycles. The van der Waals surface area contributed by atoms with E-state index in [1.807, 2.05) is 6.07 Å². The molecule has 0 aliphatic carbocycles. The largest absolute Gasteiger partial charge is 0.465 e. The van der Waals surface area contributed by atoms with Crippen molar-refractivity contribution in [2.24, 2.45) is 0 Å². The smallest absolute Gasteiger partial charge is 0.348 e. The van der Waals surface area contributed by atoms with Gasteiger partial charge in [0.25, 0.3) is 0 Å². The second kappa shape index (κ2) is 8.17. The van der Waals surface area contributed by atoms with Crippen LogP contribution in [0.3, 0.4) is 0 Å². The minimum Gasteiger partial charge on any atom is -0.465 e. The van der Waals surface area contributed by atoms with Gasteiger partial charge in [-0.15, -0.1) is 11.3 Å². The predicted molar refractivity (Wildman–Crippen MR) is 99.2 cm³/mol. The van der Waals surface area contributed by atoms with Gasteiger partial charge in [0.15, 0.2) is 0 Å². The van der Waals surface area contributed by atoms with E-state index in [-0.39, 0.29) is 10.4 Å². The van der Waals surface area contributed by atoms with E-state index in [1.165, 1.54) is 13.2 Å². The van der Waals surface area contributed by atoms with Crippen LogP contribution in [0, 0.1) is 18.3 Å². The highest BCUT2D eigenvalue weighted by molar-refractivity contribution is 7.18. The molecule has 8 heteroatoms. The lowest BCUT2D eigenvalue weighted by Crippen LogP contribution is -2.07. The van der Waals surface area contributed by atoms with Crippen molar-refractivity contribution in [3.63, 3.8) is 0 Å². The van der Waals surface area contributed by atoms with Gasteiger partial charge in [0.05, 0.1) is 22.7 Å². The molecule has 0 spiro atoms. The van der Waals surface area contributed by atoms with Crippen LogP contribution in [0.5, 0.6) is 0 Å². The summed E-state index contributed by atoms with van der Waals surface area (Å²) < 4.78 is 4.67. The molecular formula is C17H12Cl2N2O3S. The number of rotatable bonds is 4. The van der Waals surface area contributed by atoms with Crippen molar-refractivity contribution < 1.29 is 14.3 Å². The summed E-state index contributed by atoms with van der Waals surface area (Å²) in [4.78, 5) is 24.1. The third-order valence-electron chi connectivity index (χ3n) is 3.24. The summed E-state index contributed by atoms with van der Waals surface area (Å²) in [7, 11) is 1.26. The minimum atomic E-state index is -0.550. The van der Waals surface area contributed by atoms with E-state index < -0.39 is 11.9 Å². The third kappa shape index (κ3) is 4.40. The van der Waals surface area contributed by atoms with Crippen molar-refractivity contribution in [1.29, 1.82) is 5.26 Å². The highest BCUT2D eigenvalue weighted by Gasteiger charge is 2.21. The zero-order valence-electron chi connectivity index (χ0n) is 13.2. The molecule has 25 heavy (non-hydrogen) atoms. The van der Waals surface area contributed by atoms with Gasteiger partial charge in [-0.25, -0.2) is 4.79 Å². The summed E-state index contributed by atoms with van der Waals surface area (Å²) in [5, 5.41) is 13.0. The molecule has 1 amide bonds. The number of amides is 1. The molecular weight excluding hydrogens is 383 g/mol. The number of carbonyl (C=O) groups is 2. The third-order valence-corrected chi connectivity index (χ3v) is 5.16. The Labute approximate surface area is 158 Å². The van der Waals surface area contributed by atoms with Crippen molar-refractivity contribution in [3.05, 3.63) is 55.9 Å². The molecule has 1 aromatic carbocycles. The van der Waals surface area contributed by atoms with E-state index in [0.29, 0.717) is 26.2 Å². The van der Waals surface area contributed by atoms with Crippen molar-refractivity contribution in [2.45, 2.75) is 6.92 Å². The molecule has 5 nitrogen and oxygen atoms in total. The second-order valence-corrected chi connectivity index (χ2v) is 6.69. The van der Waals surface area contributed by atoms with Gasteiger partial charge < -0.3 is 10.1 Å². The number of nitriles is 1. The fourth-order valence-electron chi connectivity index (χ4n) is 1.97. The number of benzene rings is 1. The normalized spacial score (nSPS) is 10.5. The number of esters is 1. The summed E-state index contributed by atoms with van der Waals surface area (Å²) >= 11 is 12.8. The van der Waals surface area contributed by atoms with E-state index in [0.717, 1.165) is 11.3 Å². The first kappa shape index (κ1) is 19.0. The SMILES string of the molecule is COC(=O)c1sc(NC(=O)C=Cc2ccc(Cl)c(Cl)c2)c(C#N)c1C. The number of anilines is 1. The Kier molecular flexibility index (Phi) is 6.21. The molecule has 128 valence electrons. The molecule has 0 unspecified atom stereocenters. The fourth-order valence-corrected chi connectivity index (χ4v) is 3.35. The van der Waals surface area contributed by atoms with Gasteiger partial charge in [0.1, 0.15) is 15.9 Å². The summed E-state index contributed by atoms with van der Waals surface area (Å²) in [5.74, 6) is -0.994. The first-order chi connectivity index (χ1) is 11.9. The Morgan fingerprint density at radius 2 is 2.04 bits per heavy atom. The zero-order valence-corrected chi connectivity index (χ0v) is 15.6. The molecule has 0 bridgehead atoms. The highest BCUT2D eigenvalue weighted by Crippen LogP contribution is 2.33. The van der Waals surface area contributed by atoms with E-state index in [2.05, 4.69) is 10.1 Å². The van der Waals surface area contributed by atoms with Gasteiger partial charge in [-0.1, -0.05) is 29.3 Å². The summed E-state index contributed by atoms with van der Waals surface area (Å²) in [6, 6.07) is 6.95. The number of thiophene rings is 1. The summed E-state index contributed by atoms with van der Waals surface area (Å²) in [6.45, 7) is 1.63. The summed E-state index contributed by atoms with van der Waals surface area (Å²) in [6.07, 6.45) is 2.86. The van der Waals surface area contributed by atoms with E-state index >= 15 is 0 Å². The number of hydrogen-bond donors (Lipinski definition) is 1. The first-order valence-electron chi connectivity index (χ1n) is 6.93. The lowest BCUT2D eigenvalue weighted by Gasteiger charge is -2.00. The standard InChI is InChI=1S/C17H12Cl2N2O3S/c1-9-11(8-20)16(25-15(9)17(23)24-2)21-14(22)6-4-10-3-5-12(18)13(19)7-10/h3-7H,1-2H3,(H,21,22).